The Labute approximate surface area is 190 Å². The summed E-state index contributed by atoms with van der Waals surface area (Å²) in [7, 11) is 3.84. The minimum atomic E-state index is -0.389. The number of hydrogen-bond acceptors (Lipinski definition) is 5. The third-order valence-corrected chi connectivity index (χ3v) is 5.19. The SMILES string of the molecule is CN(C)c1ccc(/[N+]([O-])=C/C(=O)c2ccc(-n3nncc3-c3ccc(Cl)cc3)cc2)cc1. The van der Waals surface area contributed by atoms with E-state index in [1.54, 1.807) is 59.4 Å². The first-order valence-corrected chi connectivity index (χ1v) is 10.2. The molecule has 4 rings (SSSR count). The van der Waals surface area contributed by atoms with E-state index in [1.165, 1.54) is 0 Å². The molecule has 0 amide bonds. The highest BCUT2D eigenvalue weighted by molar-refractivity contribution is 6.33. The average molecular weight is 446 g/mol. The summed E-state index contributed by atoms with van der Waals surface area (Å²) in [6, 6.07) is 21.2. The summed E-state index contributed by atoms with van der Waals surface area (Å²) in [6.07, 6.45) is 2.70. The number of hydrogen-bond donors (Lipinski definition) is 0. The fourth-order valence-electron chi connectivity index (χ4n) is 3.16. The van der Waals surface area contributed by atoms with Crippen LogP contribution in [0.3, 0.4) is 0 Å². The van der Waals surface area contributed by atoms with Crippen molar-refractivity contribution in [3.8, 4) is 16.9 Å². The summed E-state index contributed by atoms with van der Waals surface area (Å²) in [5.41, 5.74) is 4.19. The Kier molecular flexibility index (Phi) is 6.00. The predicted octanol–water partition coefficient (Wildman–Crippen LogP) is 4.75. The lowest BCUT2D eigenvalue weighted by molar-refractivity contribution is -0.353. The Bertz CT molecular complexity index is 1260. The lowest BCUT2D eigenvalue weighted by atomic mass is 10.1. The highest BCUT2D eigenvalue weighted by atomic mass is 35.5. The largest absolute Gasteiger partial charge is 0.618 e. The first-order valence-electron chi connectivity index (χ1n) is 9.82. The molecule has 0 saturated heterocycles. The van der Waals surface area contributed by atoms with Gasteiger partial charge in [-0.05, 0) is 48.5 Å². The van der Waals surface area contributed by atoms with Gasteiger partial charge in [0.15, 0.2) is 0 Å². The smallest absolute Gasteiger partial charge is 0.250 e. The Morgan fingerprint density at radius 2 is 1.66 bits per heavy atom. The van der Waals surface area contributed by atoms with E-state index >= 15 is 0 Å². The van der Waals surface area contributed by atoms with Gasteiger partial charge in [-0.15, -0.1) is 5.10 Å². The van der Waals surface area contributed by atoms with Crippen molar-refractivity contribution in [1.29, 1.82) is 0 Å². The van der Waals surface area contributed by atoms with Crippen molar-refractivity contribution in [2.45, 2.75) is 0 Å². The van der Waals surface area contributed by atoms with Gasteiger partial charge >= 0.3 is 0 Å². The molecule has 0 aliphatic rings. The minimum absolute atomic E-state index is 0.385. The van der Waals surface area contributed by atoms with E-state index in [4.69, 9.17) is 11.6 Å². The molecule has 0 aliphatic heterocycles. The average Bonchev–Trinajstić information content (AvgIpc) is 3.29. The van der Waals surface area contributed by atoms with Gasteiger partial charge in [0.2, 0.25) is 17.7 Å². The Balaban J connectivity index is 1.54. The summed E-state index contributed by atoms with van der Waals surface area (Å²) in [5.74, 6) is -0.389. The first kappa shape index (κ1) is 21.3. The number of rotatable bonds is 6. The number of benzene rings is 3. The number of carbonyl (C=O) groups excluding carboxylic acids is 1. The van der Waals surface area contributed by atoms with Gasteiger partial charge in [0.05, 0.1) is 17.6 Å². The van der Waals surface area contributed by atoms with Crippen LogP contribution in [-0.2, 0) is 0 Å². The second-order valence-electron chi connectivity index (χ2n) is 7.31. The van der Waals surface area contributed by atoms with Gasteiger partial charge < -0.3 is 10.1 Å². The second-order valence-corrected chi connectivity index (χ2v) is 7.75. The van der Waals surface area contributed by atoms with Crippen LogP contribution in [0.1, 0.15) is 10.4 Å². The van der Waals surface area contributed by atoms with Gasteiger partial charge in [-0.2, -0.15) is 4.74 Å². The van der Waals surface area contributed by atoms with Gasteiger partial charge in [0, 0.05) is 48.1 Å². The summed E-state index contributed by atoms with van der Waals surface area (Å²) in [6.45, 7) is 0. The van der Waals surface area contributed by atoms with Crippen LogP contribution in [-0.4, -0.2) is 45.8 Å². The molecule has 0 fully saturated rings. The van der Waals surface area contributed by atoms with Gasteiger partial charge in [0.1, 0.15) is 0 Å². The molecule has 4 aromatic rings. The van der Waals surface area contributed by atoms with Gasteiger partial charge in [-0.3, -0.25) is 4.79 Å². The maximum Gasteiger partial charge on any atom is 0.250 e. The molecule has 1 aromatic heterocycles. The van der Waals surface area contributed by atoms with Crippen molar-refractivity contribution in [1.82, 2.24) is 15.0 Å². The first-order chi connectivity index (χ1) is 15.4. The zero-order valence-corrected chi connectivity index (χ0v) is 18.3. The number of ketones is 1. The van der Waals surface area contributed by atoms with E-state index in [2.05, 4.69) is 10.3 Å². The molecule has 0 aliphatic carbocycles. The molecular weight excluding hydrogens is 426 g/mol. The van der Waals surface area contributed by atoms with Crippen LogP contribution in [0, 0.1) is 5.21 Å². The molecule has 1 heterocycles. The molecule has 160 valence electrons. The fourth-order valence-corrected chi connectivity index (χ4v) is 3.29. The highest BCUT2D eigenvalue weighted by Crippen LogP contribution is 2.23. The zero-order chi connectivity index (χ0) is 22.7. The second kappa shape index (κ2) is 9.03. The Morgan fingerprint density at radius 1 is 1.00 bits per heavy atom. The van der Waals surface area contributed by atoms with Crippen LogP contribution in [0.2, 0.25) is 5.02 Å². The van der Waals surface area contributed by atoms with E-state index in [1.807, 2.05) is 43.3 Å². The number of halogens is 1. The number of nitrogens with zero attached hydrogens (tertiary/aromatic N) is 5. The van der Waals surface area contributed by atoms with Crippen LogP contribution in [0.25, 0.3) is 16.9 Å². The molecule has 8 heteroatoms. The van der Waals surface area contributed by atoms with E-state index in [-0.39, 0.29) is 5.78 Å². The van der Waals surface area contributed by atoms with E-state index in [0.717, 1.165) is 28.8 Å². The van der Waals surface area contributed by atoms with Gasteiger partial charge in [0.25, 0.3) is 0 Å². The molecule has 0 unspecified atom stereocenters. The van der Waals surface area contributed by atoms with Crippen molar-refractivity contribution in [2.75, 3.05) is 19.0 Å². The molecule has 32 heavy (non-hydrogen) atoms. The van der Waals surface area contributed by atoms with Crippen LogP contribution in [0.5, 0.6) is 0 Å². The van der Waals surface area contributed by atoms with Gasteiger partial charge in [-0.25, -0.2) is 4.68 Å². The van der Waals surface area contributed by atoms with Gasteiger partial charge in [-0.1, -0.05) is 28.9 Å². The van der Waals surface area contributed by atoms with Crippen molar-refractivity contribution in [2.24, 2.45) is 0 Å². The molecule has 0 radical (unpaired) electrons. The monoisotopic (exact) mass is 445 g/mol. The van der Waals surface area contributed by atoms with Crippen molar-refractivity contribution in [3.63, 3.8) is 0 Å². The highest BCUT2D eigenvalue weighted by Gasteiger charge is 2.12. The zero-order valence-electron chi connectivity index (χ0n) is 17.5. The van der Waals surface area contributed by atoms with Crippen molar-refractivity contribution >= 4 is 35.0 Å². The third-order valence-electron chi connectivity index (χ3n) is 4.94. The lowest BCUT2D eigenvalue weighted by Crippen LogP contribution is -2.10. The fraction of sp³-hybridized carbons (Fsp3) is 0.0833. The topological polar surface area (TPSA) is 77.1 Å². The standard InChI is InChI=1S/C24H20ClN5O2/c1-28(2)20-11-13-21(14-12-20)29(32)16-24(31)18-5-9-22(10-6-18)30-23(15-26-27-30)17-3-7-19(25)8-4-17/h3-16H,1-2H3/b29-16-. The number of anilines is 1. The molecular formula is C24H20ClN5O2. The summed E-state index contributed by atoms with van der Waals surface area (Å²) in [4.78, 5) is 14.5. The normalized spacial score (nSPS) is 11.4. The molecule has 3 aromatic carbocycles. The molecule has 0 N–H and O–H groups in total. The van der Waals surface area contributed by atoms with E-state index in [0.29, 0.717) is 21.0 Å². The predicted molar refractivity (Wildman–Crippen MR) is 126 cm³/mol. The molecule has 0 atom stereocenters. The van der Waals surface area contributed by atoms with E-state index in [9.17, 15) is 10.0 Å². The van der Waals surface area contributed by atoms with Crippen LogP contribution in [0.4, 0.5) is 11.4 Å². The summed E-state index contributed by atoms with van der Waals surface area (Å²) < 4.78 is 2.25. The third kappa shape index (κ3) is 4.53. The number of Topliss-reactive ketones (excluding diaryl/α,β-unsaturated/α-hetero) is 1. The number of aromatic nitrogens is 3. The van der Waals surface area contributed by atoms with E-state index < -0.39 is 0 Å². The van der Waals surface area contributed by atoms with Crippen molar-refractivity contribution in [3.05, 3.63) is 94.8 Å². The summed E-state index contributed by atoms with van der Waals surface area (Å²) >= 11 is 5.97. The quantitative estimate of drug-likeness (QED) is 0.141. The lowest BCUT2D eigenvalue weighted by Gasteiger charge is -2.12. The molecule has 0 saturated carbocycles. The molecule has 0 bridgehead atoms. The maximum atomic E-state index is 12.6. The molecule has 0 spiro atoms. The van der Waals surface area contributed by atoms with Crippen LogP contribution >= 0.6 is 11.6 Å². The maximum absolute atomic E-state index is 12.6. The van der Waals surface area contributed by atoms with Crippen LogP contribution in [0.15, 0.2) is 79.0 Å². The Morgan fingerprint density at radius 3 is 2.28 bits per heavy atom. The summed E-state index contributed by atoms with van der Waals surface area (Å²) in [5, 5.41) is 21.2. The Hall–Kier alpha value is -3.97. The molecule has 7 nitrogen and oxygen atoms in total. The number of carbonyl (C=O) groups is 1. The van der Waals surface area contributed by atoms with Crippen molar-refractivity contribution < 1.29 is 9.53 Å². The minimum Gasteiger partial charge on any atom is -0.618 e. The van der Waals surface area contributed by atoms with Crippen LogP contribution < -0.4 is 4.90 Å².